The predicted octanol–water partition coefficient (Wildman–Crippen LogP) is 5.43. The number of benzene rings is 3. The summed E-state index contributed by atoms with van der Waals surface area (Å²) in [5.74, 6) is -0.0745. The molecule has 0 aliphatic heterocycles. The fraction of sp³-hybridized carbons (Fsp3) is 0.231. The Morgan fingerprint density at radius 1 is 0.939 bits per heavy atom. The number of halogens is 1. The highest BCUT2D eigenvalue weighted by molar-refractivity contribution is 5.97. The van der Waals surface area contributed by atoms with Crippen molar-refractivity contribution in [2.24, 2.45) is 0 Å². The van der Waals surface area contributed by atoms with Crippen molar-refractivity contribution in [1.29, 1.82) is 0 Å². The maximum absolute atomic E-state index is 13.3. The summed E-state index contributed by atoms with van der Waals surface area (Å²) < 4.78 is 19.0. The predicted molar refractivity (Wildman–Crippen MR) is 128 cm³/mol. The number of rotatable bonds is 7. The molecule has 0 bridgehead atoms. The summed E-state index contributed by atoms with van der Waals surface area (Å²) in [6, 6.07) is 16.6. The molecule has 3 amide bonds. The number of hydrogen-bond acceptors (Lipinski definition) is 3. The number of urea groups is 1. The van der Waals surface area contributed by atoms with Crippen LogP contribution in [0.2, 0.25) is 0 Å². The minimum Gasteiger partial charge on any atom is -0.489 e. The highest BCUT2D eigenvalue weighted by atomic mass is 19.1. The number of nitrogens with one attached hydrogen (secondary N) is 2. The smallest absolute Gasteiger partial charge is 0.322 e. The molecule has 0 heterocycles. The zero-order chi connectivity index (χ0) is 24.0. The SMILES string of the molecule is Cc1cc(C)c(NC(=O)CN(C)C(=O)Nc2cccc(OCc3cccc(F)c3)c2)c(C)c1. The molecule has 33 heavy (non-hydrogen) atoms. The maximum Gasteiger partial charge on any atom is 0.322 e. The molecular formula is C26H28FN3O3. The van der Waals surface area contributed by atoms with Gasteiger partial charge in [-0.2, -0.15) is 0 Å². The third-order valence-electron chi connectivity index (χ3n) is 5.05. The fourth-order valence-corrected chi connectivity index (χ4v) is 3.52. The van der Waals surface area contributed by atoms with Crippen LogP contribution in [0.15, 0.2) is 60.7 Å². The molecule has 0 atom stereocenters. The lowest BCUT2D eigenvalue weighted by atomic mass is 10.1. The Bertz CT molecular complexity index is 1140. The van der Waals surface area contributed by atoms with Crippen LogP contribution in [0.25, 0.3) is 0 Å². The lowest BCUT2D eigenvalue weighted by Gasteiger charge is -2.19. The first-order chi connectivity index (χ1) is 15.7. The number of carbonyl (C=O) groups excluding carboxylic acids is 2. The molecule has 0 aliphatic rings. The summed E-state index contributed by atoms with van der Waals surface area (Å²) in [5.41, 5.74) is 5.07. The van der Waals surface area contributed by atoms with Gasteiger partial charge in [0.1, 0.15) is 24.7 Å². The number of likely N-dealkylation sites (N-methyl/N-ethyl adjacent to an activating group) is 1. The zero-order valence-corrected chi connectivity index (χ0v) is 19.2. The van der Waals surface area contributed by atoms with E-state index < -0.39 is 6.03 Å². The van der Waals surface area contributed by atoms with Crippen LogP contribution in [0.5, 0.6) is 5.75 Å². The number of carbonyl (C=O) groups is 2. The van der Waals surface area contributed by atoms with E-state index in [1.165, 1.54) is 17.0 Å². The van der Waals surface area contributed by atoms with E-state index in [4.69, 9.17) is 4.74 Å². The Morgan fingerprint density at radius 2 is 1.64 bits per heavy atom. The highest BCUT2D eigenvalue weighted by Crippen LogP contribution is 2.22. The van der Waals surface area contributed by atoms with Crippen molar-refractivity contribution < 1.29 is 18.7 Å². The van der Waals surface area contributed by atoms with Crippen molar-refractivity contribution in [1.82, 2.24) is 4.90 Å². The molecule has 7 heteroatoms. The van der Waals surface area contributed by atoms with Crippen molar-refractivity contribution >= 4 is 23.3 Å². The van der Waals surface area contributed by atoms with Gasteiger partial charge in [-0.05, 0) is 61.7 Å². The first-order valence-electron chi connectivity index (χ1n) is 10.6. The molecule has 0 fully saturated rings. The van der Waals surface area contributed by atoms with E-state index in [0.717, 1.165) is 22.4 Å². The Balaban J connectivity index is 1.55. The average Bonchev–Trinajstić information content (AvgIpc) is 2.75. The van der Waals surface area contributed by atoms with Gasteiger partial charge in [-0.3, -0.25) is 4.79 Å². The second-order valence-corrected chi connectivity index (χ2v) is 8.05. The van der Waals surface area contributed by atoms with Gasteiger partial charge in [0, 0.05) is 24.5 Å². The van der Waals surface area contributed by atoms with Crippen molar-refractivity contribution in [3.05, 3.63) is 88.7 Å². The summed E-state index contributed by atoms with van der Waals surface area (Å²) in [6.45, 7) is 5.98. The first-order valence-corrected chi connectivity index (χ1v) is 10.6. The van der Waals surface area contributed by atoms with Gasteiger partial charge in [-0.15, -0.1) is 0 Å². The number of nitrogens with zero attached hydrogens (tertiary/aromatic N) is 1. The molecule has 0 unspecified atom stereocenters. The molecule has 3 rings (SSSR count). The minimum absolute atomic E-state index is 0.103. The van der Waals surface area contributed by atoms with Gasteiger partial charge in [-0.25, -0.2) is 9.18 Å². The standard InChI is InChI=1S/C26H28FN3O3/c1-17-11-18(2)25(19(3)12-17)29-24(31)15-30(4)26(32)28-22-9-6-10-23(14-22)33-16-20-7-5-8-21(27)13-20/h5-14H,15-16H2,1-4H3,(H,28,32)(H,29,31). The van der Waals surface area contributed by atoms with E-state index in [2.05, 4.69) is 10.6 Å². The van der Waals surface area contributed by atoms with Gasteiger partial charge in [0.2, 0.25) is 5.91 Å². The van der Waals surface area contributed by atoms with Gasteiger partial charge in [0.25, 0.3) is 0 Å². The molecule has 0 saturated carbocycles. The van der Waals surface area contributed by atoms with Crippen molar-refractivity contribution in [2.75, 3.05) is 24.2 Å². The normalized spacial score (nSPS) is 10.5. The molecule has 0 radical (unpaired) electrons. The fourth-order valence-electron chi connectivity index (χ4n) is 3.52. The quantitative estimate of drug-likeness (QED) is 0.505. The van der Waals surface area contributed by atoms with Crippen LogP contribution < -0.4 is 15.4 Å². The third kappa shape index (κ3) is 6.80. The topological polar surface area (TPSA) is 70.7 Å². The number of ether oxygens (including phenoxy) is 1. The van der Waals surface area contributed by atoms with E-state index in [9.17, 15) is 14.0 Å². The minimum atomic E-state index is -0.426. The molecule has 172 valence electrons. The van der Waals surface area contributed by atoms with Crippen molar-refractivity contribution in [3.8, 4) is 5.75 Å². The van der Waals surface area contributed by atoms with Crippen LogP contribution in [-0.2, 0) is 11.4 Å². The van der Waals surface area contributed by atoms with Crippen LogP contribution in [0.1, 0.15) is 22.3 Å². The molecule has 0 aliphatic carbocycles. The Morgan fingerprint density at radius 3 is 2.33 bits per heavy atom. The van der Waals surface area contributed by atoms with Crippen LogP contribution in [0, 0.1) is 26.6 Å². The Hall–Kier alpha value is -3.87. The van der Waals surface area contributed by atoms with Gasteiger partial charge >= 0.3 is 6.03 Å². The lowest BCUT2D eigenvalue weighted by Crippen LogP contribution is -2.37. The van der Waals surface area contributed by atoms with E-state index in [1.54, 1.807) is 43.4 Å². The Labute approximate surface area is 193 Å². The van der Waals surface area contributed by atoms with Gasteiger partial charge < -0.3 is 20.3 Å². The number of amides is 3. The second kappa shape index (κ2) is 10.6. The zero-order valence-electron chi connectivity index (χ0n) is 19.2. The summed E-state index contributed by atoms with van der Waals surface area (Å²) in [4.78, 5) is 26.3. The Kier molecular flexibility index (Phi) is 7.66. The van der Waals surface area contributed by atoms with Crippen LogP contribution in [0.3, 0.4) is 0 Å². The summed E-state index contributed by atoms with van der Waals surface area (Å²) >= 11 is 0. The van der Waals surface area contributed by atoms with Crippen LogP contribution >= 0.6 is 0 Å². The van der Waals surface area contributed by atoms with Crippen molar-refractivity contribution in [3.63, 3.8) is 0 Å². The van der Waals surface area contributed by atoms with Crippen LogP contribution in [0.4, 0.5) is 20.6 Å². The van der Waals surface area contributed by atoms with E-state index in [0.29, 0.717) is 17.0 Å². The van der Waals surface area contributed by atoms with E-state index >= 15 is 0 Å². The number of hydrogen-bond donors (Lipinski definition) is 2. The van der Waals surface area contributed by atoms with Gasteiger partial charge in [0.05, 0.1) is 0 Å². The van der Waals surface area contributed by atoms with E-state index in [1.807, 2.05) is 32.9 Å². The summed E-state index contributed by atoms with van der Waals surface area (Å²) in [6.07, 6.45) is 0. The van der Waals surface area contributed by atoms with Crippen LogP contribution in [-0.4, -0.2) is 30.4 Å². The molecule has 6 nitrogen and oxygen atoms in total. The maximum atomic E-state index is 13.3. The monoisotopic (exact) mass is 449 g/mol. The van der Waals surface area contributed by atoms with Gasteiger partial charge in [0.15, 0.2) is 0 Å². The molecule has 2 N–H and O–H groups in total. The van der Waals surface area contributed by atoms with Crippen molar-refractivity contribution in [2.45, 2.75) is 27.4 Å². The second-order valence-electron chi connectivity index (χ2n) is 8.05. The lowest BCUT2D eigenvalue weighted by molar-refractivity contribution is -0.116. The largest absolute Gasteiger partial charge is 0.489 e. The number of anilines is 2. The highest BCUT2D eigenvalue weighted by Gasteiger charge is 2.15. The third-order valence-corrected chi connectivity index (χ3v) is 5.05. The summed E-state index contributed by atoms with van der Waals surface area (Å²) in [5, 5.41) is 5.65. The van der Waals surface area contributed by atoms with E-state index in [-0.39, 0.29) is 24.9 Å². The molecule has 0 spiro atoms. The molecule has 0 saturated heterocycles. The molecule has 3 aromatic rings. The molecule has 0 aromatic heterocycles. The molecule has 3 aromatic carbocycles. The number of aryl methyl sites for hydroxylation is 3. The summed E-state index contributed by atoms with van der Waals surface area (Å²) in [7, 11) is 1.55. The van der Waals surface area contributed by atoms with Gasteiger partial charge in [-0.1, -0.05) is 35.9 Å². The average molecular weight is 450 g/mol. The first kappa shape index (κ1) is 23.8. The molecular weight excluding hydrogens is 421 g/mol.